The van der Waals surface area contributed by atoms with Crippen molar-refractivity contribution in [3.63, 3.8) is 0 Å². The van der Waals surface area contributed by atoms with Crippen LogP contribution in [0.15, 0.2) is 23.1 Å². The fourth-order valence-electron chi connectivity index (χ4n) is 2.62. The van der Waals surface area contributed by atoms with Crippen LogP contribution in [-0.4, -0.2) is 26.8 Å². The van der Waals surface area contributed by atoms with E-state index in [2.05, 4.69) is 12.2 Å². The van der Waals surface area contributed by atoms with Crippen LogP contribution in [-0.2, 0) is 22.7 Å². The van der Waals surface area contributed by atoms with Gasteiger partial charge in [0.15, 0.2) is 9.84 Å². The van der Waals surface area contributed by atoms with Crippen LogP contribution in [0.2, 0.25) is 0 Å². The van der Waals surface area contributed by atoms with E-state index in [0.29, 0.717) is 4.90 Å². The molecule has 1 atom stereocenters. The third-order valence-electron chi connectivity index (χ3n) is 3.64. The molecule has 0 aromatic heterocycles. The minimum atomic E-state index is -3.17. The summed E-state index contributed by atoms with van der Waals surface area (Å²) < 4.78 is 24.7. The number of sulfone groups is 1. The van der Waals surface area contributed by atoms with Gasteiger partial charge in [0.2, 0.25) is 0 Å². The molecule has 1 N–H and O–H groups in total. The standard InChI is InChI=1S/C15H23NO2S/c1-3-9-16-12(2)11-19(17,18)15-8-7-13-5-4-6-14(13)10-15/h7-8,10,12,16H,3-6,9,11H2,1-2H3. The van der Waals surface area contributed by atoms with Crippen molar-refractivity contribution in [2.75, 3.05) is 12.3 Å². The van der Waals surface area contributed by atoms with Crippen LogP contribution in [0.1, 0.15) is 37.8 Å². The normalized spacial score (nSPS) is 16.3. The van der Waals surface area contributed by atoms with Crippen LogP contribution in [0.4, 0.5) is 0 Å². The van der Waals surface area contributed by atoms with Gasteiger partial charge in [-0.05, 0) is 62.4 Å². The van der Waals surface area contributed by atoms with Gasteiger partial charge in [0, 0.05) is 6.04 Å². The third-order valence-corrected chi connectivity index (χ3v) is 5.55. The van der Waals surface area contributed by atoms with Crippen LogP contribution in [0, 0.1) is 0 Å². The number of rotatable bonds is 6. The molecule has 1 aromatic rings. The lowest BCUT2D eigenvalue weighted by atomic mass is 10.1. The Morgan fingerprint density at radius 2 is 2.00 bits per heavy atom. The highest BCUT2D eigenvalue weighted by atomic mass is 32.2. The number of aryl methyl sites for hydroxylation is 2. The zero-order valence-electron chi connectivity index (χ0n) is 11.8. The molecule has 4 heteroatoms. The number of hydrogen-bond acceptors (Lipinski definition) is 3. The molecule has 2 rings (SSSR count). The van der Waals surface area contributed by atoms with Crippen molar-refractivity contribution in [1.82, 2.24) is 5.32 Å². The average Bonchev–Trinajstić information content (AvgIpc) is 2.82. The summed E-state index contributed by atoms with van der Waals surface area (Å²) in [6.07, 6.45) is 4.27. The minimum Gasteiger partial charge on any atom is -0.313 e. The maximum atomic E-state index is 12.4. The van der Waals surface area contributed by atoms with E-state index in [0.717, 1.165) is 32.2 Å². The predicted molar refractivity (Wildman–Crippen MR) is 78.3 cm³/mol. The Hall–Kier alpha value is -0.870. The highest BCUT2D eigenvalue weighted by molar-refractivity contribution is 7.91. The molecule has 0 saturated heterocycles. The molecule has 0 heterocycles. The molecule has 0 amide bonds. The first-order valence-electron chi connectivity index (χ1n) is 7.11. The lowest BCUT2D eigenvalue weighted by Crippen LogP contribution is -2.33. The van der Waals surface area contributed by atoms with Crippen molar-refractivity contribution in [1.29, 1.82) is 0 Å². The van der Waals surface area contributed by atoms with Crippen LogP contribution in [0.25, 0.3) is 0 Å². The van der Waals surface area contributed by atoms with E-state index in [1.54, 1.807) is 6.07 Å². The topological polar surface area (TPSA) is 46.2 Å². The molecule has 0 saturated carbocycles. The number of benzene rings is 1. The molecule has 106 valence electrons. The van der Waals surface area contributed by atoms with Crippen molar-refractivity contribution in [3.8, 4) is 0 Å². The molecule has 0 radical (unpaired) electrons. The first-order valence-corrected chi connectivity index (χ1v) is 8.76. The summed E-state index contributed by atoms with van der Waals surface area (Å²) in [7, 11) is -3.17. The first kappa shape index (κ1) is 14.5. The average molecular weight is 281 g/mol. The van der Waals surface area contributed by atoms with Gasteiger partial charge in [-0.1, -0.05) is 13.0 Å². The summed E-state index contributed by atoms with van der Waals surface area (Å²) in [6, 6.07) is 5.63. The summed E-state index contributed by atoms with van der Waals surface area (Å²) in [5.41, 5.74) is 2.53. The van der Waals surface area contributed by atoms with Gasteiger partial charge in [0.05, 0.1) is 10.6 Å². The number of nitrogens with one attached hydrogen (secondary N) is 1. The van der Waals surface area contributed by atoms with Crippen molar-refractivity contribution in [2.24, 2.45) is 0 Å². The maximum Gasteiger partial charge on any atom is 0.179 e. The summed E-state index contributed by atoms with van der Waals surface area (Å²) in [4.78, 5) is 0.485. The number of fused-ring (bicyclic) bond motifs is 1. The lowest BCUT2D eigenvalue weighted by molar-refractivity contribution is 0.555. The van der Waals surface area contributed by atoms with Gasteiger partial charge in [0.25, 0.3) is 0 Å². The molecule has 0 bridgehead atoms. The van der Waals surface area contributed by atoms with Gasteiger partial charge in [-0.3, -0.25) is 0 Å². The van der Waals surface area contributed by atoms with Gasteiger partial charge in [-0.15, -0.1) is 0 Å². The second-order valence-corrected chi connectivity index (χ2v) is 7.45. The van der Waals surface area contributed by atoms with E-state index in [4.69, 9.17) is 0 Å². The quantitative estimate of drug-likeness (QED) is 0.870. The Morgan fingerprint density at radius 3 is 2.74 bits per heavy atom. The van der Waals surface area contributed by atoms with E-state index in [9.17, 15) is 8.42 Å². The van der Waals surface area contributed by atoms with Crippen molar-refractivity contribution < 1.29 is 8.42 Å². The molecular formula is C15H23NO2S. The van der Waals surface area contributed by atoms with E-state index < -0.39 is 9.84 Å². The van der Waals surface area contributed by atoms with Crippen LogP contribution in [0.5, 0.6) is 0 Å². The highest BCUT2D eigenvalue weighted by Gasteiger charge is 2.20. The monoisotopic (exact) mass is 281 g/mol. The van der Waals surface area contributed by atoms with Gasteiger partial charge in [0.1, 0.15) is 0 Å². The summed E-state index contributed by atoms with van der Waals surface area (Å²) in [6.45, 7) is 4.87. The van der Waals surface area contributed by atoms with Crippen molar-refractivity contribution >= 4 is 9.84 Å². The molecule has 3 nitrogen and oxygen atoms in total. The maximum absolute atomic E-state index is 12.4. The molecule has 1 unspecified atom stereocenters. The SMILES string of the molecule is CCCNC(C)CS(=O)(=O)c1ccc2c(c1)CCC2. The molecule has 1 aliphatic carbocycles. The molecule has 0 spiro atoms. The largest absolute Gasteiger partial charge is 0.313 e. The fraction of sp³-hybridized carbons (Fsp3) is 0.600. The van der Waals surface area contributed by atoms with Crippen LogP contribution in [0.3, 0.4) is 0 Å². The summed E-state index contributed by atoms with van der Waals surface area (Å²) >= 11 is 0. The molecular weight excluding hydrogens is 258 g/mol. The molecule has 19 heavy (non-hydrogen) atoms. The van der Waals surface area contributed by atoms with Crippen molar-refractivity contribution in [3.05, 3.63) is 29.3 Å². The lowest BCUT2D eigenvalue weighted by Gasteiger charge is -2.14. The fourth-order valence-corrected chi connectivity index (χ4v) is 4.18. The second-order valence-electron chi connectivity index (χ2n) is 5.42. The van der Waals surface area contributed by atoms with Crippen LogP contribution < -0.4 is 5.32 Å². The van der Waals surface area contributed by atoms with E-state index >= 15 is 0 Å². The number of hydrogen-bond donors (Lipinski definition) is 1. The zero-order valence-corrected chi connectivity index (χ0v) is 12.6. The minimum absolute atomic E-state index is 0.00166. The van der Waals surface area contributed by atoms with Crippen molar-refractivity contribution in [2.45, 2.75) is 50.5 Å². The smallest absolute Gasteiger partial charge is 0.179 e. The van der Waals surface area contributed by atoms with Gasteiger partial charge in [-0.25, -0.2) is 8.42 Å². The Balaban J connectivity index is 2.11. The molecule has 1 aliphatic rings. The Bertz CT molecular complexity index is 537. The third kappa shape index (κ3) is 3.57. The summed E-state index contributed by atoms with van der Waals surface area (Å²) in [5, 5.41) is 3.23. The van der Waals surface area contributed by atoms with E-state index in [1.807, 2.05) is 19.1 Å². The zero-order chi connectivity index (χ0) is 13.9. The van der Waals surface area contributed by atoms with Gasteiger partial charge >= 0.3 is 0 Å². The molecule has 0 fully saturated rings. The Labute approximate surface area is 116 Å². The van der Waals surface area contributed by atoms with Gasteiger partial charge < -0.3 is 5.32 Å². The highest BCUT2D eigenvalue weighted by Crippen LogP contribution is 2.25. The Kier molecular flexibility index (Phi) is 4.63. The molecule has 0 aliphatic heterocycles. The van der Waals surface area contributed by atoms with E-state index in [1.165, 1.54) is 11.1 Å². The first-order chi connectivity index (χ1) is 9.03. The molecule has 1 aromatic carbocycles. The van der Waals surface area contributed by atoms with Gasteiger partial charge in [-0.2, -0.15) is 0 Å². The predicted octanol–water partition coefficient (Wildman–Crippen LogP) is 2.34. The van der Waals surface area contributed by atoms with Crippen LogP contribution >= 0.6 is 0 Å². The summed E-state index contributed by atoms with van der Waals surface area (Å²) in [5.74, 6) is 0.172. The Morgan fingerprint density at radius 1 is 1.26 bits per heavy atom. The second kappa shape index (κ2) is 6.06. The van der Waals surface area contributed by atoms with E-state index in [-0.39, 0.29) is 11.8 Å².